The van der Waals surface area contributed by atoms with Gasteiger partial charge in [0, 0.05) is 33.4 Å². The van der Waals surface area contributed by atoms with Crippen LogP contribution in [-0.4, -0.2) is 53.2 Å². The number of benzene rings is 2. The van der Waals surface area contributed by atoms with Crippen LogP contribution in [0.25, 0.3) is 0 Å². The summed E-state index contributed by atoms with van der Waals surface area (Å²) >= 11 is 0. The van der Waals surface area contributed by atoms with Crippen LogP contribution in [0.1, 0.15) is 24.8 Å². The molecule has 0 spiro atoms. The number of anilines is 1. The molecule has 1 aliphatic rings. The van der Waals surface area contributed by atoms with Gasteiger partial charge in [-0.3, -0.25) is 4.99 Å². The molecule has 0 bridgehead atoms. The fourth-order valence-electron chi connectivity index (χ4n) is 3.22. The average Bonchev–Trinajstić information content (AvgIpc) is 2.73. The molecule has 2 aromatic rings. The molecule has 0 unspecified atom stereocenters. The van der Waals surface area contributed by atoms with Crippen molar-refractivity contribution in [3.63, 3.8) is 0 Å². The van der Waals surface area contributed by atoms with Crippen molar-refractivity contribution in [3.05, 3.63) is 48.0 Å². The highest BCUT2D eigenvalue weighted by Crippen LogP contribution is 2.32. The summed E-state index contributed by atoms with van der Waals surface area (Å²) in [5.41, 5.74) is 2.28. The highest BCUT2D eigenvalue weighted by molar-refractivity contribution is 7.89. The van der Waals surface area contributed by atoms with Gasteiger partial charge in [-0.1, -0.05) is 0 Å². The third-order valence-corrected chi connectivity index (χ3v) is 6.72. The molecule has 0 saturated carbocycles. The number of ether oxygens (including phenoxy) is 1. The zero-order chi connectivity index (χ0) is 20.1. The van der Waals surface area contributed by atoms with Crippen LogP contribution in [0.4, 0.5) is 11.4 Å². The van der Waals surface area contributed by atoms with Gasteiger partial charge in [0.1, 0.15) is 10.6 Å². The first kappa shape index (κ1) is 20.4. The summed E-state index contributed by atoms with van der Waals surface area (Å²) in [6.07, 6.45) is 5.08. The maximum Gasteiger partial charge on any atom is 0.244 e. The largest absolute Gasteiger partial charge is 0.497 e. The summed E-state index contributed by atoms with van der Waals surface area (Å²) < 4.78 is 32.3. The van der Waals surface area contributed by atoms with Crippen molar-refractivity contribution in [2.24, 2.45) is 4.99 Å². The van der Waals surface area contributed by atoms with Crippen molar-refractivity contribution in [2.75, 3.05) is 39.2 Å². The molecule has 1 aliphatic heterocycles. The molecule has 1 saturated heterocycles. The van der Waals surface area contributed by atoms with Crippen LogP contribution in [0.3, 0.4) is 0 Å². The molecular weight excluding hydrogens is 374 g/mol. The number of hydrogen-bond donors (Lipinski definition) is 0. The first-order valence-corrected chi connectivity index (χ1v) is 10.9. The van der Waals surface area contributed by atoms with E-state index in [2.05, 4.69) is 9.89 Å². The molecular formula is C21H27N3O3S. The minimum atomic E-state index is -3.57. The van der Waals surface area contributed by atoms with E-state index in [1.54, 1.807) is 33.5 Å². The molecule has 0 aromatic heterocycles. The van der Waals surface area contributed by atoms with Gasteiger partial charge in [-0.2, -0.15) is 0 Å². The van der Waals surface area contributed by atoms with Crippen LogP contribution in [-0.2, 0) is 10.0 Å². The predicted molar refractivity (Wildman–Crippen MR) is 114 cm³/mol. The van der Waals surface area contributed by atoms with Crippen molar-refractivity contribution in [2.45, 2.75) is 24.2 Å². The second kappa shape index (κ2) is 8.75. The van der Waals surface area contributed by atoms with Crippen LogP contribution in [0.2, 0.25) is 0 Å². The fraction of sp³-hybridized carbons (Fsp3) is 0.381. The summed E-state index contributed by atoms with van der Waals surface area (Å²) in [7, 11) is 1.17. The van der Waals surface area contributed by atoms with Crippen molar-refractivity contribution in [1.82, 2.24) is 4.31 Å². The molecule has 2 aromatic carbocycles. The molecule has 150 valence electrons. The zero-order valence-electron chi connectivity index (χ0n) is 16.6. The SMILES string of the molecule is COc1ccc(C=Nc2ccc(N3CCCCC3)c(S(=O)(=O)N(C)C)c2)cc1. The lowest BCUT2D eigenvalue weighted by Gasteiger charge is -2.31. The maximum absolute atomic E-state index is 12.9. The van der Waals surface area contributed by atoms with E-state index in [-0.39, 0.29) is 0 Å². The normalized spacial score (nSPS) is 15.4. The Balaban J connectivity index is 1.95. The van der Waals surface area contributed by atoms with Crippen molar-refractivity contribution < 1.29 is 13.2 Å². The maximum atomic E-state index is 12.9. The highest BCUT2D eigenvalue weighted by atomic mass is 32.2. The number of sulfonamides is 1. The summed E-state index contributed by atoms with van der Waals surface area (Å²) in [6.45, 7) is 1.76. The van der Waals surface area contributed by atoms with Crippen LogP contribution in [0.5, 0.6) is 5.75 Å². The van der Waals surface area contributed by atoms with Crippen LogP contribution in [0.15, 0.2) is 52.4 Å². The Morgan fingerprint density at radius 1 is 1.04 bits per heavy atom. The first-order valence-electron chi connectivity index (χ1n) is 9.41. The number of methoxy groups -OCH3 is 1. The standard InChI is InChI=1S/C21H27N3O3S/c1-23(2)28(25,26)21-15-18(9-12-20(21)24-13-5-4-6-14-24)22-16-17-7-10-19(27-3)11-8-17/h7-12,15-16H,4-6,13-14H2,1-3H3. The van der Waals surface area contributed by atoms with E-state index >= 15 is 0 Å². The van der Waals surface area contributed by atoms with Gasteiger partial charge >= 0.3 is 0 Å². The summed E-state index contributed by atoms with van der Waals surface area (Å²) in [6, 6.07) is 13.0. The fourth-order valence-corrected chi connectivity index (χ4v) is 4.35. The van der Waals surface area contributed by atoms with E-state index in [0.717, 1.165) is 42.9 Å². The van der Waals surface area contributed by atoms with Gasteiger partial charge in [-0.05, 0) is 67.3 Å². The molecule has 3 rings (SSSR count). The molecule has 1 fully saturated rings. The Morgan fingerprint density at radius 2 is 1.71 bits per heavy atom. The molecule has 28 heavy (non-hydrogen) atoms. The summed E-state index contributed by atoms with van der Waals surface area (Å²) in [4.78, 5) is 6.96. The Hall–Kier alpha value is -2.38. The number of nitrogens with zero attached hydrogens (tertiary/aromatic N) is 3. The highest BCUT2D eigenvalue weighted by Gasteiger charge is 2.25. The van der Waals surface area contributed by atoms with Crippen LogP contribution in [0, 0.1) is 0 Å². The van der Waals surface area contributed by atoms with E-state index in [0.29, 0.717) is 10.6 Å². The van der Waals surface area contributed by atoms with E-state index < -0.39 is 10.0 Å². The molecule has 6 nitrogen and oxygen atoms in total. The lowest BCUT2D eigenvalue weighted by molar-refractivity contribution is 0.415. The molecule has 0 radical (unpaired) electrons. The van der Waals surface area contributed by atoms with Crippen LogP contribution < -0.4 is 9.64 Å². The van der Waals surface area contributed by atoms with Gasteiger partial charge in [0.05, 0.1) is 18.5 Å². The quantitative estimate of drug-likeness (QED) is 0.693. The molecule has 0 N–H and O–H groups in total. The van der Waals surface area contributed by atoms with Crippen molar-refractivity contribution >= 4 is 27.6 Å². The predicted octanol–water partition coefficient (Wildman–Crippen LogP) is 3.69. The zero-order valence-corrected chi connectivity index (χ0v) is 17.4. The number of rotatable bonds is 6. The van der Waals surface area contributed by atoms with Gasteiger partial charge in [-0.15, -0.1) is 0 Å². The van der Waals surface area contributed by atoms with Gasteiger partial charge in [-0.25, -0.2) is 12.7 Å². The van der Waals surface area contributed by atoms with E-state index in [9.17, 15) is 8.42 Å². The van der Waals surface area contributed by atoms with Crippen molar-refractivity contribution in [3.8, 4) is 5.75 Å². The van der Waals surface area contributed by atoms with Gasteiger partial charge in [0.15, 0.2) is 0 Å². The van der Waals surface area contributed by atoms with E-state index in [1.165, 1.54) is 10.7 Å². The molecule has 0 amide bonds. The third kappa shape index (κ3) is 4.54. The van der Waals surface area contributed by atoms with Crippen molar-refractivity contribution in [1.29, 1.82) is 0 Å². The smallest absolute Gasteiger partial charge is 0.244 e. The Kier molecular flexibility index (Phi) is 6.36. The third-order valence-electron chi connectivity index (χ3n) is 4.88. The number of hydrogen-bond acceptors (Lipinski definition) is 5. The second-order valence-corrected chi connectivity index (χ2v) is 9.14. The number of aliphatic imine (C=N–C) groups is 1. The Bertz CT molecular complexity index is 932. The average molecular weight is 402 g/mol. The Labute approximate surface area is 167 Å². The minimum Gasteiger partial charge on any atom is -0.497 e. The number of piperidine rings is 1. The molecule has 1 heterocycles. The minimum absolute atomic E-state index is 0.309. The topological polar surface area (TPSA) is 62.2 Å². The Morgan fingerprint density at radius 3 is 2.32 bits per heavy atom. The van der Waals surface area contributed by atoms with Gasteiger partial charge in [0.25, 0.3) is 0 Å². The monoisotopic (exact) mass is 401 g/mol. The molecule has 0 aliphatic carbocycles. The lowest BCUT2D eigenvalue weighted by atomic mass is 10.1. The van der Waals surface area contributed by atoms with Crippen LogP contribution >= 0.6 is 0 Å². The van der Waals surface area contributed by atoms with Gasteiger partial charge < -0.3 is 9.64 Å². The van der Waals surface area contributed by atoms with E-state index in [4.69, 9.17) is 4.74 Å². The molecule has 0 atom stereocenters. The lowest BCUT2D eigenvalue weighted by Crippen LogP contribution is -2.32. The second-order valence-electron chi connectivity index (χ2n) is 7.02. The van der Waals surface area contributed by atoms with Gasteiger partial charge in [0.2, 0.25) is 10.0 Å². The first-order chi connectivity index (χ1) is 13.4. The molecule has 7 heteroatoms. The summed E-state index contributed by atoms with van der Waals surface area (Å²) in [5.74, 6) is 0.780. The summed E-state index contributed by atoms with van der Waals surface area (Å²) in [5, 5.41) is 0. The van der Waals surface area contributed by atoms with E-state index in [1.807, 2.05) is 36.4 Å².